The minimum Gasteiger partial charge on any atom is -0.383 e. The van der Waals surface area contributed by atoms with Crippen LogP contribution in [0.1, 0.15) is 50.5 Å². The zero-order valence-electron chi connectivity index (χ0n) is 17.4. The van der Waals surface area contributed by atoms with E-state index in [9.17, 15) is 13.2 Å². The molecule has 2 fully saturated rings. The lowest BCUT2D eigenvalue weighted by molar-refractivity contribution is -0.165. The number of piperidine rings is 1. The molecule has 2 atom stereocenters. The molecule has 7 nitrogen and oxygen atoms in total. The standard InChI is InChI=1S/C21H32N2O5S/c1-17-10-12-20(13-11-17)29(25,26)28-15-5-8-18-6-3-9-21(24)23(18)22-14-4-7-19(22)16-27-2/h10-13,18-19H,3-9,14-16H2,1-2H3/t18-,19+/m1/s1. The van der Waals surface area contributed by atoms with E-state index in [2.05, 4.69) is 5.01 Å². The Hall–Kier alpha value is -1.48. The van der Waals surface area contributed by atoms with Crippen molar-refractivity contribution in [2.75, 3.05) is 26.9 Å². The van der Waals surface area contributed by atoms with Crippen LogP contribution >= 0.6 is 0 Å². The Labute approximate surface area is 174 Å². The van der Waals surface area contributed by atoms with Crippen LogP contribution in [0.15, 0.2) is 29.2 Å². The summed E-state index contributed by atoms with van der Waals surface area (Å²) in [6.07, 6.45) is 5.79. The van der Waals surface area contributed by atoms with Gasteiger partial charge in [0.05, 0.1) is 24.2 Å². The van der Waals surface area contributed by atoms with Crippen molar-refractivity contribution in [3.05, 3.63) is 29.8 Å². The van der Waals surface area contributed by atoms with Gasteiger partial charge < -0.3 is 4.74 Å². The Morgan fingerprint density at radius 3 is 2.55 bits per heavy atom. The van der Waals surface area contributed by atoms with E-state index in [4.69, 9.17) is 8.92 Å². The Balaban J connectivity index is 1.55. The number of amides is 1. The van der Waals surface area contributed by atoms with Gasteiger partial charge in [0.15, 0.2) is 0 Å². The van der Waals surface area contributed by atoms with Crippen LogP contribution in [0.3, 0.4) is 0 Å². The quantitative estimate of drug-likeness (QED) is 0.448. The molecular weight excluding hydrogens is 392 g/mol. The number of carbonyl (C=O) groups excluding carboxylic acids is 1. The zero-order chi connectivity index (χ0) is 20.9. The summed E-state index contributed by atoms with van der Waals surface area (Å²) < 4.78 is 35.2. The summed E-state index contributed by atoms with van der Waals surface area (Å²) >= 11 is 0. The molecule has 0 bridgehead atoms. The summed E-state index contributed by atoms with van der Waals surface area (Å²) in [5.74, 6) is 0.164. The van der Waals surface area contributed by atoms with Crippen molar-refractivity contribution in [2.45, 2.75) is 68.8 Å². The van der Waals surface area contributed by atoms with E-state index < -0.39 is 10.1 Å². The molecule has 29 heavy (non-hydrogen) atoms. The van der Waals surface area contributed by atoms with E-state index in [0.29, 0.717) is 19.4 Å². The second-order valence-corrected chi connectivity index (χ2v) is 9.55. The zero-order valence-corrected chi connectivity index (χ0v) is 18.2. The van der Waals surface area contributed by atoms with Gasteiger partial charge in [0.2, 0.25) is 5.91 Å². The van der Waals surface area contributed by atoms with Crippen molar-refractivity contribution in [1.29, 1.82) is 0 Å². The number of hydrazine groups is 1. The highest BCUT2D eigenvalue weighted by molar-refractivity contribution is 7.86. The van der Waals surface area contributed by atoms with Crippen LogP contribution in [0, 0.1) is 6.92 Å². The fourth-order valence-corrected chi connectivity index (χ4v) is 5.22. The lowest BCUT2D eigenvalue weighted by atomic mass is 9.99. The Kier molecular flexibility index (Phi) is 7.67. The van der Waals surface area contributed by atoms with Gasteiger partial charge in [-0.3, -0.25) is 14.0 Å². The van der Waals surface area contributed by atoms with Gasteiger partial charge in [0.25, 0.3) is 10.1 Å². The fourth-order valence-electron chi connectivity index (χ4n) is 4.28. The van der Waals surface area contributed by atoms with Gasteiger partial charge in [0, 0.05) is 26.1 Å². The predicted molar refractivity (Wildman–Crippen MR) is 110 cm³/mol. The van der Waals surface area contributed by atoms with Crippen molar-refractivity contribution in [3.8, 4) is 0 Å². The molecule has 0 spiro atoms. The van der Waals surface area contributed by atoms with E-state index in [1.54, 1.807) is 31.4 Å². The molecule has 8 heteroatoms. The highest BCUT2D eigenvalue weighted by atomic mass is 32.2. The number of ether oxygens (including phenoxy) is 1. The van der Waals surface area contributed by atoms with Crippen molar-refractivity contribution >= 4 is 16.0 Å². The summed E-state index contributed by atoms with van der Waals surface area (Å²) in [6.45, 7) is 3.52. The van der Waals surface area contributed by atoms with Gasteiger partial charge >= 0.3 is 0 Å². The van der Waals surface area contributed by atoms with Crippen molar-refractivity contribution < 1.29 is 22.1 Å². The lowest BCUT2D eigenvalue weighted by Crippen LogP contribution is -2.56. The monoisotopic (exact) mass is 424 g/mol. The third kappa shape index (κ3) is 5.57. The van der Waals surface area contributed by atoms with Gasteiger partial charge in [0.1, 0.15) is 0 Å². The van der Waals surface area contributed by atoms with Crippen molar-refractivity contribution in [3.63, 3.8) is 0 Å². The number of aryl methyl sites for hydroxylation is 1. The van der Waals surface area contributed by atoms with E-state index in [0.717, 1.165) is 44.2 Å². The molecule has 162 valence electrons. The highest BCUT2D eigenvalue weighted by Crippen LogP contribution is 2.29. The number of nitrogens with zero attached hydrogens (tertiary/aromatic N) is 2. The first-order chi connectivity index (χ1) is 13.9. The number of rotatable bonds is 9. The summed E-state index contributed by atoms with van der Waals surface area (Å²) in [4.78, 5) is 12.8. The molecule has 2 heterocycles. The molecule has 0 unspecified atom stereocenters. The molecule has 0 N–H and O–H groups in total. The largest absolute Gasteiger partial charge is 0.383 e. The highest BCUT2D eigenvalue weighted by Gasteiger charge is 2.38. The Bertz CT molecular complexity index is 781. The third-order valence-electron chi connectivity index (χ3n) is 5.74. The second-order valence-electron chi connectivity index (χ2n) is 7.93. The van der Waals surface area contributed by atoms with E-state index in [1.165, 1.54) is 0 Å². The molecular formula is C21H32N2O5S. The average Bonchev–Trinajstić information content (AvgIpc) is 3.14. The Morgan fingerprint density at radius 1 is 1.10 bits per heavy atom. The van der Waals surface area contributed by atoms with Crippen LogP contribution in [0.25, 0.3) is 0 Å². The van der Waals surface area contributed by atoms with Crippen molar-refractivity contribution in [1.82, 2.24) is 10.0 Å². The minimum absolute atomic E-state index is 0.0967. The summed E-state index contributed by atoms with van der Waals surface area (Å²) in [6, 6.07) is 6.98. The summed E-state index contributed by atoms with van der Waals surface area (Å²) in [5.41, 5.74) is 1.000. The predicted octanol–water partition coefficient (Wildman–Crippen LogP) is 2.89. The molecule has 0 aromatic heterocycles. The molecule has 1 amide bonds. The first-order valence-electron chi connectivity index (χ1n) is 10.5. The van der Waals surface area contributed by atoms with Crippen LogP contribution in [0.5, 0.6) is 0 Å². The third-order valence-corrected chi connectivity index (χ3v) is 7.07. The average molecular weight is 425 g/mol. The van der Waals surface area contributed by atoms with Gasteiger partial charge in [-0.2, -0.15) is 8.42 Å². The van der Waals surface area contributed by atoms with Crippen LogP contribution in [-0.2, 0) is 23.8 Å². The molecule has 3 rings (SSSR count). The van der Waals surface area contributed by atoms with Crippen LogP contribution < -0.4 is 0 Å². The van der Waals surface area contributed by atoms with Crippen LogP contribution in [-0.4, -0.2) is 63.3 Å². The number of methoxy groups -OCH3 is 1. The maximum Gasteiger partial charge on any atom is 0.296 e. The molecule has 0 radical (unpaired) electrons. The van der Waals surface area contributed by atoms with E-state index >= 15 is 0 Å². The van der Waals surface area contributed by atoms with Crippen LogP contribution in [0.4, 0.5) is 0 Å². The van der Waals surface area contributed by atoms with Gasteiger partial charge in [-0.1, -0.05) is 17.7 Å². The maximum absolute atomic E-state index is 12.7. The smallest absolute Gasteiger partial charge is 0.296 e. The van der Waals surface area contributed by atoms with E-state index in [-0.39, 0.29) is 29.5 Å². The molecule has 0 saturated carbocycles. The van der Waals surface area contributed by atoms with Crippen LogP contribution in [0.2, 0.25) is 0 Å². The minimum atomic E-state index is -3.74. The molecule has 2 aliphatic heterocycles. The summed E-state index contributed by atoms with van der Waals surface area (Å²) in [5, 5.41) is 4.12. The van der Waals surface area contributed by atoms with Gasteiger partial charge in [-0.05, 0) is 57.6 Å². The molecule has 0 aliphatic carbocycles. The first kappa shape index (κ1) is 22.2. The first-order valence-corrected chi connectivity index (χ1v) is 11.9. The number of benzene rings is 1. The normalized spacial score (nSPS) is 23.7. The molecule has 1 aromatic carbocycles. The number of carbonyl (C=O) groups is 1. The Morgan fingerprint density at radius 2 is 1.83 bits per heavy atom. The van der Waals surface area contributed by atoms with Gasteiger partial charge in [-0.25, -0.2) is 5.01 Å². The molecule has 2 saturated heterocycles. The van der Waals surface area contributed by atoms with Gasteiger partial charge in [-0.15, -0.1) is 0 Å². The van der Waals surface area contributed by atoms with Crippen molar-refractivity contribution in [2.24, 2.45) is 0 Å². The topological polar surface area (TPSA) is 76.2 Å². The summed E-state index contributed by atoms with van der Waals surface area (Å²) in [7, 11) is -2.05. The lowest BCUT2D eigenvalue weighted by Gasteiger charge is -2.44. The maximum atomic E-state index is 12.7. The van der Waals surface area contributed by atoms with E-state index in [1.807, 2.05) is 11.9 Å². The SMILES string of the molecule is COC[C@@H]1CCCN1N1C(=O)CCC[C@@H]1CCCOS(=O)(=O)c1ccc(C)cc1. The fraction of sp³-hybridized carbons (Fsp3) is 0.667. The molecule has 2 aliphatic rings. The number of hydrogen-bond donors (Lipinski definition) is 0. The second kappa shape index (κ2) is 10.0. The molecule has 1 aromatic rings. The number of hydrogen-bond acceptors (Lipinski definition) is 6.